The minimum atomic E-state index is -0.283. The Balaban J connectivity index is 1.51. The van der Waals surface area contributed by atoms with Gasteiger partial charge in [0.05, 0.1) is 23.0 Å². The Morgan fingerprint density at radius 2 is 1.73 bits per heavy atom. The molecule has 2 aromatic heterocycles. The summed E-state index contributed by atoms with van der Waals surface area (Å²) in [6, 6.07) is 24.1. The summed E-state index contributed by atoms with van der Waals surface area (Å²) in [5, 5.41) is 4.46. The molecule has 6 nitrogen and oxygen atoms in total. The topological polar surface area (TPSA) is 77.1 Å². The second-order valence-corrected chi connectivity index (χ2v) is 8.71. The highest BCUT2D eigenvalue weighted by molar-refractivity contribution is 7.99. The summed E-state index contributed by atoms with van der Waals surface area (Å²) in [5.74, 6) is -0.181. The number of furan rings is 1. The van der Waals surface area contributed by atoms with Crippen molar-refractivity contribution in [1.82, 2.24) is 9.55 Å². The predicted molar refractivity (Wildman–Crippen MR) is 132 cm³/mol. The van der Waals surface area contributed by atoms with Gasteiger partial charge in [-0.1, -0.05) is 78.0 Å². The van der Waals surface area contributed by atoms with Crippen molar-refractivity contribution in [3.8, 4) is 0 Å². The third-order valence-electron chi connectivity index (χ3n) is 5.11. The van der Waals surface area contributed by atoms with Crippen molar-refractivity contribution in [2.24, 2.45) is 0 Å². The molecule has 0 aliphatic heterocycles. The largest absolute Gasteiger partial charge is 0.448 e. The van der Waals surface area contributed by atoms with Crippen molar-refractivity contribution in [3.63, 3.8) is 0 Å². The lowest BCUT2D eigenvalue weighted by molar-refractivity contribution is -0.113. The van der Waals surface area contributed by atoms with Crippen LogP contribution in [0.2, 0.25) is 5.02 Å². The van der Waals surface area contributed by atoms with E-state index in [4.69, 9.17) is 21.0 Å². The Hall–Kier alpha value is -3.55. The molecule has 0 saturated carbocycles. The summed E-state index contributed by atoms with van der Waals surface area (Å²) in [5.41, 5.74) is 2.50. The average Bonchev–Trinajstić information content (AvgIpc) is 3.21. The first-order valence-electron chi connectivity index (χ1n) is 10.2. The number of fused-ring (bicyclic) bond motifs is 3. The number of aromatic nitrogens is 2. The molecule has 0 unspecified atom stereocenters. The molecule has 164 valence electrons. The minimum Gasteiger partial charge on any atom is -0.448 e. The molecule has 1 N–H and O–H groups in total. The van der Waals surface area contributed by atoms with E-state index in [1.54, 1.807) is 28.8 Å². The van der Waals surface area contributed by atoms with E-state index in [2.05, 4.69) is 5.32 Å². The van der Waals surface area contributed by atoms with Crippen molar-refractivity contribution in [2.75, 3.05) is 11.1 Å². The zero-order chi connectivity index (χ0) is 22.8. The van der Waals surface area contributed by atoms with Gasteiger partial charge in [0.2, 0.25) is 11.5 Å². The van der Waals surface area contributed by atoms with Gasteiger partial charge >= 0.3 is 0 Å². The Morgan fingerprint density at radius 1 is 1.00 bits per heavy atom. The number of carbonyl (C=O) groups is 1. The SMILES string of the molecule is O=C(CSc1nc2c(oc3ccccc32)c(=O)n1Cc1ccccc1)Nc1ccccc1Cl. The van der Waals surface area contributed by atoms with Gasteiger partial charge in [0, 0.05) is 5.39 Å². The van der Waals surface area contributed by atoms with Crippen LogP contribution in [0.25, 0.3) is 22.1 Å². The van der Waals surface area contributed by atoms with Gasteiger partial charge in [0.1, 0.15) is 11.1 Å². The maximum absolute atomic E-state index is 13.4. The number of hydrogen-bond acceptors (Lipinski definition) is 5. The van der Waals surface area contributed by atoms with Gasteiger partial charge in [-0.15, -0.1) is 0 Å². The molecule has 33 heavy (non-hydrogen) atoms. The lowest BCUT2D eigenvalue weighted by Crippen LogP contribution is -2.24. The second kappa shape index (κ2) is 9.13. The van der Waals surface area contributed by atoms with Crippen molar-refractivity contribution < 1.29 is 9.21 Å². The number of amides is 1. The molecule has 5 rings (SSSR count). The molecule has 2 heterocycles. The molecular weight excluding hydrogens is 458 g/mol. The monoisotopic (exact) mass is 475 g/mol. The van der Waals surface area contributed by atoms with Gasteiger partial charge in [-0.05, 0) is 29.8 Å². The Labute approximate surface area is 198 Å². The highest BCUT2D eigenvalue weighted by Gasteiger charge is 2.19. The number of hydrogen-bond donors (Lipinski definition) is 1. The van der Waals surface area contributed by atoms with Crippen LogP contribution in [0.3, 0.4) is 0 Å². The molecule has 0 fully saturated rings. The molecule has 0 spiro atoms. The average molecular weight is 476 g/mol. The number of nitrogens with one attached hydrogen (secondary N) is 1. The minimum absolute atomic E-state index is 0.0632. The summed E-state index contributed by atoms with van der Waals surface area (Å²) < 4.78 is 7.38. The first kappa shape index (κ1) is 21.3. The molecule has 0 atom stereocenters. The smallest absolute Gasteiger partial charge is 0.298 e. The quantitative estimate of drug-likeness (QED) is 0.256. The van der Waals surface area contributed by atoms with E-state index in [-0.39, 0.29) is 22.8 Å². The Bertz CT molecular complexity index is 1530. The van der Waals surface area contributed by atoms with Crippen LogP contribution in [0.1, 0.15) is 5.56 Å². The summed E-state index contributed by atoms with van der Waals surface area (Å²) in [4.78, 5) is 30.7. The fourth-order valence-corrected chi connectivity index (χ4v) is 4.52. The van der Waals surface area contributed by atoms with Crippen LogP contribution in [0.5, 0.6) is 0 Å². The Kier molecular flexibility index (Phi) is 5.90. The summed E-state index contributed by atoms with van der Waals surface area (Å²) in [7, 11) is 0. The van der Waals surface area contributed by atoms with Gasteiger partial charge in [-0.25, -0.2) is 4.98 Å². The van der Waals surface area contributed by atoms with E-state index in [9.17, 15) is 9.59 Å². The predicted octanol–water partition coefficient (Wildman–Crippen LogP) is 5.58. The maximum Gasteiger partial charge on any atom is 0.298 e. The normalized spacial score (nSPS) is 11.2. The van der Waals surface area contributed by atoms with Crippen LogP contribution in [-0.4, -0.2) is 21.2 Å². The molecule has 0 saturated heterocycles. The molecule has 0 bridgehead atoms. The summed E-state index contributed by atoms with van der Waals surface area (Å²) >= 11 is 7.34. The number of rotatable bonds is 6. The number of para-hydroxylation sites is 2. The van der Waals surface area contributed by atoms with Crippen molar-refractivity contribution >= 4 is 57.0 Å². The van der Waals surface area contributed by atoms with Crippen LogP contribution in [-0.2, 0) is 11.3 Å². The molecule has 3 aromatic carbocycles. The first-order valence-corrected chi connectivity index (χ1v) is 11.6. The highest BCUT2D eigenvalue weighted by atomic mass is 35.5. The molecule has 5 aromatic rings. The van der Waals surface area contributed by atoms with Crippen LogP contribution < -0.4 is 10.9 Å². The highest BCUT2D eigenvalue weighted by Crippen LogP contribution is 2.28. The molecular formula is C25H18ClN3O3S. The number of thioether (sulfide) groups is 1. The molecule has 0 aliphatic carbocycles. The van der Waals surface area contributed by atoms with E-state index in [1.165, 1.54) is 11.8 Å². The van der Waals surface area contributed by atoms with Crippen molar-refractivity contribution in [3.05, 3.63) is 99.8 Å². The van der Waals surface area contributed by atoms with E-state index < -0.39 is 0 Å². The van der Waals surface area contributed by atoms with E-state index >= 15 is 0 Å². The standard InChI is InChI=1S/C25H18ClN3O3S/c26-18-11-5-6-12-19(18)27-21(30)15-33-25-28-22-17-10-4-7-13-20(17)32-23(22)24(31)29(25)14-16-8-2-1-3-9-16/h1-13H,14-15H2,(H,27,30). The number of halogens is 1. The van der Waals surface area contributed by atoms with Crippen LogP contribution in [0.4, 0.5) is 5.69 Å². The molecule has 8 heteroatoms. The van der Waals surface area contributed by atoms with Gasteiger partial charge < -0.3 is 9.73 Å². The maximum atomic E-state index is 13.4. The third-order valence-corrected chi connectivity index (χ3v) is 6.42. The second-order valence-electron chi connectivity index (χ2n) is 7.36. The zero-order valence-corrected chi connectivity index (χ0v) is 18.9. The number of benzene rings is 3. The number of anilines is 1. The number of carbonyl (C=O) groups excluding carboxylic acids is 1. The first-order chi connectivity index (χ1) is 16.1. The van der Waals surface area contributed by atoms with Crippen LogP contribution in [0, 0.1) is 0 Å². The van der Waals surface area contributed by atoms with Crippen LogP contribution in [0.15, 0.2) is 93.2 Å². The zero-order valence-electron chi connectivity index (χ0n) is 17.3. The fourth-order valence-electron chi connectivity index (χ4n) is 3.55. The molecule has 1 amide bonds. The van der Waals surface area contributed by atoms with Crippen LogP contribution >= 0.6 is 23.4 Å². The summed E-state index contributed by atoms with van der Waals surface area (Å²) in [6.45, 7) is 0.314. The van der Waals surface area contributed by atoms with Gasteiger partial charge in [-0.2, -0.15) is 0 Å². The van der Waals surface area contributed by atoms with Gasteiger partial charge in [-0.3, -0.25) is 14.2 Å². The Morgan fingerprint density at radius 3 is 2.55 bits per heavy atom. The lowest BCUT2D eigenvalue weighted by atomic mass is 10.2. The third kappa shape index (κ3) is 4.37. The molecule has 0 radical (unpaired) electrons. The fraction of sp³-hybridized carbons (Fsp3) is 0.0800. The van der Waals surface area contributed by atoms with Crippen molar-refractivity contribution in [1.29, 1.82) is 0 Å². The summed E-state index contributed by atoms with van der Waals surface area (Å²) in [6.07, 6.45) is 0. The van der Waals surface area contributed by atoms with E-state index in [1.807, 2.05) is 54.6 Å². The van der Waals surface area contributed by atoms with E-state index in [0.29, 0.717) is 33.5 Å². The van der Waals surface area contributed by atoms with Crippen molar-refractivity contribution in [2.45, 2.75) is 11.7 Å². The van der Waals surface area contributed by atoms with Gasteiger partial charge in [0.15, 0.2) is 5.16 Å². The molecule has 0 aliphatic rings. The lowest BCUT2D eigenvalue weighted by Gasteiger charge is -2.12. The van der Waals surface area contributed by atoms with E-state index in [0.717, 1.165) is 10.9 Å². The van der Waals surface area contributed by atoms with Gasteiger partial charge in [0.25, 0.3) is 5.56 Å². The number of nitrogens with zero attached hydrogens (tertiary/aromatic N) is 2.